The van der Waals surface area contributed by atoms with Crippen LogP contribution in [0.25, 0.3) is 0 Å². The quantitative estimate of drug-likeness (QED) is 0.610. The van der Waals surface area contributed by atoms with Gasteiger partial charge >= 0.3 is 0 Å². The van der Waals surface area contributed by atoms with E-state index in [-0.39, 0.29) is 11.6 Å². The molecule has 0 amide bonds. The molecular weight excluding hydrogens is 226 g/mol. The Morgan fingerprint density at radius 3 is 2.00 bits per heavy atom. The molecule has 0 bridgehead atoms. The lowest BCUT2D eigenvalue weighted by Gasteiger charge is -2.18. The maximum Gasteiger partial charge on any atom is 0.194 e. The Labute approximate surface area is 104 Å². The minimum Gasteiger partial charge on any atom is -0.399 e. The van der Waals surface area contributed by atoms with E-state index in [2.05, 4.69) is 0 Å². The lowest BCUT2D eigenvalue weighted by molar-refractivity contribution is 0.0979. The van der Waals surface area contributed by atoms with Crippen LogP contribution in [0.5, 0.6) is 0 Å². The van der Waals surface area contributed by atoms with Gasteiger partial charge in [0.25, 0.3) is 0 Å². The Morgan fingerprint density at radius 2 is 1.33 bits per heavy atom. The fourth-order valence-corrected chi connectivity index (χ4v) is 2.28. The second-order valence-corrected chi connectivity index (χ2v) is 4.51. The zero-order valence-corrected chi connectivity index (χ0v) is 9.86. The number of fused-ring (bicyclic) bond motifs is 2. The van der Waals surface area contributed by atoms with E-state index < -0.39 is 0 Å². The molecule has 0 atom stereocenters. The van der Waals surface area contributed by atoms with Gasteiger partial charge < -0.3 is 5.73 Å². The first-order valence-electron chi connectivity index (χ1n) is 5.67. The molecule has 0 saturated heterocycles. The third kappa shape index (κ3) is 1.37. The van der Waals surface area contributed by atoms with E-state index >= 15 is 0 Å². The van der Waals surface area contributed by atoms with Crippen LogP contribution in [0.15, 0.2) is 36.4 Å². The van der Waals surface area contributed by atoms with Gasteiger partial charge in [-0.15, -0.1) is 0 Å². The van der Waals surface area contributed by atoms with E-state index in [9.17, 15) is 9.59 Å². The van der Waals surface area contributed by atoms with Crippen LogP contribution in [0.4, 0.5) is 5.69 Å². The molecule has 3 heteroatoms. The number of nitrogens with two attached hydrogens (primary N) is 1. The molecular formula is C15H11NO2. The van der Waals surface area contributed by atoms with Gasteiger partial charge in [0.1, 0.15) is 0 Å². The number of aryl methyl sites for hydroxylation is 1. The minimum atomic E-state index is -0.132. The predicted molar refractivity (Wildman–Crippen MR) is 68.9 cm³/mol. The Kier molecular flexibility index (Phi) is 2.10. The molecule has 0 aromatic heterocycles. The molecule has 0 radical (unpaired) electrons. The molecule has 1 aliphatic carbocycles. The number of carbonyl (C=O) groups is 2. The summed E-state index contributed by atoms with van der Waals surface area (Å²) in [7, 11) is 0. The fourth-order valence-electron chi connectivity index (χ4n) is 2.28. The van der Waals surface area contributed by atoms with E-state index in [1.165, 1.54) is 0 Å². The standard InChI is InChI=1S/C15H11NO2/c1-8-2-4-10-12(6-8)14(17)11-5-3-9(16)7-13(11)15(10)18/h2-7H,16H2,1H3. The van der Waals surface area contributed by atoms with Crippen molar-refractivity contribution in [3.05, 3.63) is 64.2 Å². The number of benzene rings is 2. The summed E-state index contributed by atoms with van der Waals surface area (Å²) in [4.78, 5) is 24.6. The Morgan fingerprint density at radius 1 is 0.778 bits per heavy atom. The van der Waals surface area contributed by atoms with Crippen LogP contribution in [0.3, 0.4) is 0 Å². The van der Waals surface area contributed by atoms with Crippen LogP contribution in [0, 0.1) is 6.92 Å². The molecule has 0 heterocycles. The van der Waals surface area contributed by atoms with Crippen LogP contribution >= 0.6 is 0 Å². The van der Waals surface area contributed by atoms with Gasteiger partial charge in [-0.3, -0.25) is 9.59 Å². The third-order valence-corrected chi connectivity index (χ3v) is 3.20. The number of carbonyl (C=O) groups excluding carboxylic acids is 2. The van der Waals surface area contributed by atoms with E-state index in [4.69, 9.17) is 5.73 Å². The molecule has 18 heavy (non-hydrogen) atoms. The highest BCUT2D eigenvalue weighted by Gasteiger charge is 2.29. The van der Waals surface area contributed by atoms with Crippen molar-refractivity contribution in [3.63, 3.8) is 0 Å². The number of ketones is 2. The largest absolute Gasteiger partial charge is 0.399 e. The van der Waals surface area contributed by atoms with Crippen molar-refractivity contribution in [2.75, 3.05) is 5.73 Å². The zero-order valence-electron chi connectivity index (χ0n) is 9.86. The van der Waals surface area contributed by atoms with Gasteiger partial charge in [-0.1, -0.05) is 17.7 Å². The van der Waals surface area contributed by atoms with Gasteiger partial charge in [-0.25, -0.2) is 0 Å². The summed E-state index contributed by atoms with van der Waals surface area (Å²) < 4.78 is 0. The summed E-state index contributed by atoms with van der Waals surface area (Å²) in [5, 5.41) is 0. The average Bonchev–Trinajstić information content (AvgIpc) is 2.36. The van der Waals surface area contributed by atoms with Gasteiger partial charge in [-0.2, -0.15) is 0 Å². The van der Waals surface area contributed by atoms with Crippen LogP contribution in [-0.2, 0) is 0 Å². The first kappa shape index (κ1) is 10.7. The maximum atomic E-state index is 12.3. The van der Waals surface area contributed by atoms with Crippen molar-refractivity contribution >= 4 is 17.3 Å². The molecule has 3 nitrogen and oxygen atoms in total. The van der Waals surface area contributed by atoms with E-state index in [0.29, 0.717) is 27.9 Å². The summed E-state index contributed by atoms with van der Waals surface area (Å²) >= 11 is 0. The number of anilines is 1. The summed E-state index contributed by atoms with van der Waals surface area (Å²) in [6, 6.07) is 10.1. The summed E-state index contributed by atoms with van der Waals surface area (Å²) in [6.45, 7) is 1.90. The molecule has 1 aliphatic rings. The van der Waals surface area contributed by atoms with Crippen LogP contribution in [0.1, 0.15) is 37.4 Å². The highest BCUT2D eigenvalue weighted by atomic mass is 16.1. The monoisotopic (exact) mass is 237 g/mol. The molecule has 2 N–H and O–H groups in total. The molecule has 3 rings (SSSR count). The molecule has 2 aromatic rings. The van der Waals surface area contributed by atoms with Crippen LogP contribution in [0.2, 0.25) is 0 Å². The molecule has 0 fully saturated rings. The number of rotatable bonds is 0. The first-order chi connectivity index (χ1) is 8.58. The third-order valence-electron chi connectivity index (χ3n) is 3.20. The van der Waals surface area contributed by atoms with E-state index in [1.54, 1.807) is 30.3 Å². The van der Waals surface area contributed by atoms with Gasteiger partial charge in [0.2, 0.25) is 0 Å². The predicted octanol–water partition coefficient (Wildman–Crippen LogP) is 2.35. The number of hydrogen-bond donors (Lipinski definition) is 1. The normalized spacial score (nSPS) is 13.2. The summed E-state index contributed by atoms with van der Waals surface area (Å²) in [6.07, 6.45) is 0. The van der Waals surface area contributed by atoms with Gasteiger partial charge in [0.05, 0.1) is 0 Å². The van der Waals surface area contributed by atoms with Gasteiger partial charge in [0.15, 0.2) is 11.6 Å². The second kappa shape index (κ2) is 3.53. The fraction of sp³-hybridized carbons (Fsp3) is 0.0667. The Hall–Kier alpha value is -2.42. The summed E-state index contributed by atoms with van der Waals surface area (Å²) in [5.41, 5.74) is 8.91. The second-order valence-electron chi connectivity index (χ2n) is 4.51. The topological polar surface area (TPSA) is 60.2 Å². The zero-order chi connectivity index (χ0) is 12.9. The first-order valence-corrected chi connectivity index (χ1v) is 5.67. The molecule has 0 spiro atoms. The molecule has 0 saturated carbocycles. The van der Waals surface area contributed by atoms with E-state index in [0.717, 1.165) is 5.56 Å². The lowest BCUT2D eigenvalue weighted by Crippen LogP contribution is -2.21. The Bertz CT molecular complexity index is 640. The maximum absolute atomic E-state index is 12.3. The van der Waals surface area contributed by atoms with Gasteiger partial charge in [0, 0.05) is 27.9 Å². The molecule has 88 valence electrons. The molecule has 0 aliphatic heterocycles. The van der Waals surface area contributed by atoms with E-state index in [1.807, 2.05) is 13.0 Å². The summed E-state index contributed by atoms with van der Waals surface area (Å²) in [5.74, 6) is -0.241. The van der Waals surface area contributed by atoms with Crippen LogP contribution in [-0.4, -0.2) is 11.6 Å². The highest BCUT2D eigenvalue weighted by Crippen LogP contribution is 2.28. The SMILES string of the molecule is Cc1ccc2c(c1)C(=O)c1ccc(N)cc1C2=O. The van der Waals surface area contributed by atoms with Crippen molar-refractivity contribution in [1.29, 1.82) is 0 Å². The molecule has 0 unspecified atom stereocenters. The van der Waals surface area contributed by atoms with Crippen molar-refractivity contribution in [3.8, 4) is 0 Å². The number of hydrogen-bond acceptors (Lipinski definition) is 3. The van der Waals surface area contributed by atoms with Gasteiger partial charge in [-0.05, 0) is 31.2 Å². The van der Waals surface area contributed by atoms with Crippen molar-refractivity contribution < 1.29 is 9.59 Å². The average molecular weight is 237 g/mol. The highest BCUT2D eigenvalue weighted by molar-refractivity contribution is 6.28. The smallest absolute Gasteiger partial charge is 0.194 e. The Balaban J connectivity index is 2.31. The minimum absolute atomic E-state index is 0.108. The van der Waals surface area contributed by atoms with Crippen molar-refractivity contribution in [1.82, 2.24) is 0 Å². The van der Waals surface area contributed by atoms with Crippen molar-refractivity contribution in [2.24, 2.45) is 0 Å². The molecule has 2 aromatic carbocycles. The van der Waals surface area contributed by atoms with Crippen molar-refractivity contribution in [2.45, 2.75) is 6.92 Å². The number of nitrogen functional groups attached to an aromatic ring is 1. The van der Waals surface area contributed by atoms with Crippen LogP contribution < -0.4 is 5.73 Å². The lowest BCUT2D eigenvalue weighted by atomic mass is 9.83.